The van der Waals surface area contributed by atoms with Crippen LogP contribution in [0.3, 0.4) is 0 Å². The summed E-state index contributed by atoms with van der Waals surface area (Å²) in [5.74, 6) is -1.12. The van der Waals surface area contributed by atoms with Gasteiger partial charge >= 0.3 is 12.1 Å². The number of carbonyl (C=O) groups is 2. The Bertz CT molecular complexity index is 474. The van der Waals surface area contributed by atoms with E-state index in [1.165, 1.54) is 0 Å². The van der Waals surface area contributed by atoms with Crippen LogP contribution in [0.25, 0.3) is 0 Å². The number of carbonyl (C=O) groups excluding carboxylic acids is 1. The van der Waals surface area contributed by atoms with E-state index < -0.39 is 23.7 Å². The van der Waals surface area contributed by atoms with Crippen molar-refractivity contribution in [1.82, 2.24) is 5.32 Å². The number of amides is 1. The first-order chi connectivity index (χ1) is 9.23. The van der Waals surface area contributed by atoms with Crippen LogP contribution in [-0.2, 0) is 16.0 Å². The van der Waals surface area contributed by atoms with Crippen LogP contribution in [-0.4, -0.2) is 22.8 Å². The van der Waals surface area contributed by atoms with Gasteiger partial charge in [0.05, 0.1) is 0 Å². The first-order valence-electron chi connectivity index (χ1n) is 6.54. The van der Waals surface area contributed by atoms with E-state index >= 15 is 0 Å². The molecule has 1 aromatic rings. The van der Waals surface area contributed by atoms with Gasteiger partial charge in [-0.15, -0.1) is 0 Å². The molecule has 0 aliphatic heterocycles. The maximum Gasteiger partial charge on any atom is 0.408 e. The molecule has 2 N–H and O–H groups in total. The number of hydrogen-bond donors (Lipinski definition) is 2. The van der Waals surface area contributed by atoms with Crippen LogP contribution in [0.5, 0.6) is 0 Å². The highest BCUT2D eigenvalue weighted by Gasteiger charge is 2.25. The number of carboxylic acids is 1. The molecule has 0 unspecified atom stereocenters. The number of carboxylic acid groups (broad SMARTS) is 1. The van der Waals surface area contributed by atoms with Crippen molar-refractivity contribution in [1.29, 1.82) is 0 Å². The van der Waals surface area contributed by atoms with Crippen LogP contribution < -0.4 is 5.32 Å². The van der Waals surface area contributed by atoms with Crippen LogP contribution in [0.1, 0.15) is 44.9 Å². The molecule has 0 bridgehead atoms. The Morgan fingerprint density at radius 2 is 1.80 bits per heavy atom. The zero-order chi connectivity index (χ0) is 15.3. The summed E-state index contributed by atoms with van der Waals surface area (Å²) in [7, 11) is 0. The monoisotopic (exact) mass is 279 g/mol. The number of benzene rings is 1. The molecule has 0 aromatic heterocycles. The van der Waals surface area contributed by atoms with E-state index in [1.54, 1.807) is 32.9 Å². The lowest BCUT2D eigenvalue weighted by Gasteiger charge is -2.22. The Kier molecular flexibility index (Phi) is 5.13. The lowest BCUT2D eigenvalue weighted by molar-refractivity contribution is -0.139. The van der Waals surface area contributed by atoms with E-state index in [2.05, 4.69) is 5.32 Å². The molecule has 1 amide bonds. The number of ether oxygens (including phenoxy) is 1. The standard InChI is InChI=1S/C15H21NO4/c1-5-10-6-8-11(9-7-10)12(13(17)18)16-14(19)20-15(2,3)4/h6-9,12H,5H2,1-4H3,(H,16,19)(H,17,18)/t12-/m1/s1. The van der Waals surface area contributed by atoms with E-state index in [4.69, 9.17) is 4.74 Å². The highest BCUT2D eigenvalue weighted by atomic mass is 16.6. The molecule has 0 radical (unpaired) electrons. The number of aliphatic carboxylic acids is 1. The van der Waals surface area contributed by atoms with E-state index in [0.29, 0.717) is 5.56 Å². The fraction of sp³-hybridized carbons (Fsp3) is 0.467. The van der Waals surface area contributed by atoms with Gasteiger partial charge in [0.1, 0.15) is 5.60 Å². The highest BCUT2D eigenvalue weighted by Crippen LogP contribution is 2.16. The summed E-state index contributed by atoms with van der Waals surface area (Å²) in [5.41, 5.74) is 0.954. The Hall–Kier alpha value is -2.04. The quantitative estimate of drug-likeness (QED) is 0.888. The van der Waals surface area contributed by atoms with Gasteiger partial charge in [0.2, 0.25) is 0 Å². The van der Waals surface area contributed by atoms with Gasteiger partial charge in [-0.25, -0.2) is 9.59 Å². The predicted molar refractivity (Wildman–Crippen MR) is 75.6 cm³/mol. The van der Waals surface area contributed by atoms with Gasteiger partial charge in [-0.1, -0.05) is 31.2 Å². The summed E-state index contributed by atoms with van der Waals surface area (Å²) in [5, 5.41) is 11.6. The van der Waals surface area contributed by atoms with Crippen LogP contribution in [0.4, 0.5) is 4.79 Å². The van der Waals surface area contributed by atoms with Gasteiger partial charge in [-0.3, -0.25) is 0 Å². The van der Waals surface area contributed by atoms with E-state index in [0.717, 1.165) is 12.0 Å². The number of alkyl carbamates (subject to hydrolysis) is 1. The molecule has 0 saturated heterocycles. The van der Waals surface area contributed by atoms with Gasteiger partial charge in [0.15, 0.2) is 6.04 Å². The average molecular weight is 279 g/mol. The first-order valence-corrected chi connectivity index (χ1v) is 6.54. The highest BCUT2D eigenvalue weighted by molar-refractivity contribution is 5.81. The molecular weight excluding hydrogens is 258 g/mol. The molecule has 0 heterocycles. The van der Waals surface area contributed by atoms with Crippen molar-refractivity contribution in [2.24, 2.45) is 0 Å². The zero-order valence-corrected chi connectivity index (χ0v) is 12.3. The second-order valence-corrected chi connectivity index (χ2v) is 5.51. The van der Waals surface area contributed by atoms with Crippen molar-refractivity contribution >= 4 is 12.1 Å². The molecule has 20 heavy (non-hydrogen) atoms. The molecule has 0 spiro atoms. The molecule has 0 aliphatic rings. The molecule has 1 atom stereocenters. The summed E-state index contributed by atoms with van der Waals surface area (Å²) in [6.07, 6.45) is 0.127. The molecule has 1 aromatic carbocycles. The summed E-state index contributed by atoms with van der Waals surface area (Å²) in [6, 6.07) is 5.99. The maximum atomic E-state index is 11.7. The fourth-order valence-corrected chi connectivity index (χ4v) is 1.66. The molecular formula is C15H21NO4. The maximum absolute atomic E-state index is 11.7. The fourth-order valence-electron chi connectivity index (χ4n) is 1.66. The molecule has 5 heteroatoms. The van der Waals surface area contributed by atoms with Crippen LogP contribution in [0, 0.1) is 0 Å². The van der Waals surface area contributed by atoms with Crippen molar-refractivity contribution < 1.29 is 19.4 Å². The summed E-state index contributed by atoms with van der Waals surface area (Å²) in [6.45, 7) is 7.18. The van der Waals surface area contributed by atoms with E-state index in [-0.39, 0.29) is 0 Å². The lowest BCUT2D eigenvalue weighted by Crippen LogP contribution is -2.38. The number of rotatable bonds is 4. The smallest absolute Gasteiger partial charge is 0.408 e. The van der Waals surface area contributed by atoms with Gasteiger partial charge in [-0.05, 0) is 38.3 Å². The topological polar surface area (TPSA) is 75.6 Å². The lowest BCUT2D eigenvalue weighted by atomic mass is 10.0. The summed E-state index contributed by atoms with van der Waals surface area (Å²) < 4.78 is 5.07. The van der Waals surface area contributed by atoms with Gasteiger partial charge in [0.25, 0.3) is 0 Å². The minimum atomic E-state index is -1.12. The zero-order valence-electron chi connectivity index (χ0n) is 12.3. The van der Waals surface area contributed by atoms with Crippen molar-refractivity contribution in [2.75, 3.05) is 0 Å². The summed E-state index contributed by atoms with van der Waals surface area (Å²) >= 11 is 0. The molecule has 0 aliphatic carbocycles. The summed E-state index contributed by atoms with van der Waals surface area (Å²) in [4.78, 5) is 23.0. The first kappa shape index (κ1) is 16.0. The Balaban J connectivity index is 2.83. The second-order valence-electron chi connectivity index (χ2n) is 5.51. The minimum absolute atomic E-state index is 0.514. The van der Waals surface area contributed by atoms with Crippen LogP contribution in [0.15, 0.2) is 24.3 Å². The van der Waals surface area contributed by atoms with E-state index in [9.17, 15) is 14.7 Å². The third kappa shape index (κ3) is 4.91. The SMILES string of the molecule is CCc1ccc([C@@H](NC(=O)OC(C)(C)C)C(=O)O)cc1. The van der Waals surface area contributed by atoms with Crippen molar-refractivity contribution in [3.63, 3.8) is 0 Å². The second kappa shape index (κ2) is 6.41. The molecule has 0 fully saturated rings. The van der Waals surface area contributed by atoms with Crippen molar-refractivity contribution in [3.05, 3.63) is 35.4 Å². The normalized spacial score (nSPS) is 12.6. The molecule has 110 valence electrons. The minimum Gasteiger partial charge on any atom is -0.479 e. The largest absolute Gasteiger partial charge is 0.479 e. The number of aryl methyl sites for hydroxylation is 1. The van der Waals surface area contributed by atoms with Crippen LogP contribution in [0.2, 0.25) is 0 Å². The number of nitrogens with one attached hydrogen (secondary N) is 1. The third-order valence-corrected chi connectivity index (χ3v) is 2.63. The van der Waals surface area contributed by atoms with Crippen molar-refractivity contribution in [3.8, 4) is 0 Å². The predicted octanol–water partition coefficient (Wildman–Crippen LogP) is 2.90. The van der Waals surface area contributed by atoms with Gasteiger partial charge < -0.3 is 15.2 Å². The average Bonchev–Trinajstić information content (AvgIpc) is 2.34. The molecule has 1 rings (SSSR count). The Morgan fingerprint density at radius 1 is 1.25 bits per heavy atom. The number of hydrogen-bond acceptors (Lipinski definition) is 3. The Labute approximate surface area is 118 Å². The molecule has 0 saturated carbocycles. The molecule has 5 nitrogen and oxygen atoms in total. The Morgan fingerprint density at radius 3 is 2.20 bits per heavy atom. The van der Waals surface area contributed by atoms with E-state index in [1.807, 2.05) is 19.1 Å². The third-order valence-electron chi connectivity index (χ3n) is 2.63. The van der Waals surface area contributed by atoms with Crippen LogP contribution >= 0.6 is 0 Å². The van der Waals surface area contributed by atoms with Gasteiger partial charge in [0, 0.05) is 0 Å². The van der Waals surface area contributed by atoms with Gasteiger partial charge in [-0.2, -0.15) is 0 Å². The van der Waals surface area contributed by atoms with Crippen molar-refractivity contribution in [2.45, 2.75) is 45.8 Å².